The van der Waals surface area contributed by atoms with Crippen molar-refractivity contribution in [2.45, 2.75) is 25.0 Å². The van der Waals surface area contributed by atoms with Crippen molar-refractivity contribution in [2.75, 3.05) is 13.2 Å². The first-order chi connectivity index (χ1) is 17.0. The van der Waals surface area contributed by atoms with Crippen LogP contribution in [0, 0.1) is 6.92 Å². The summed E-state index contributed by atoms with van der Waals surface area (Å²) < 4.78 is 7.14. The summed E-state index contributed by atoms with van der Waals surface area (Å²) in [5, 5.41) is 27.8. The lowest BCUT2D eigenvalue weighted by Gasteiger charge is -2.18. The van der Waals surface area contributed by atoms with E-state index in [1.165, 1.54) is 6.20 Å². The summed E-state index contributed by atoms with van der Waals surface area (Å²) in [6.45, 7) is 2.00. The monoisotopic (exact) mass is 469 g/mol. The topological polar surface area (TPSA) is 96.6 Å². The molecular weight excluding hydrogens is 442 g/mol. The lowest BCUT2D eigenvalue weighted by atomic mass is 9.98. The Bertz CT molecular complexity index is 1300. The number of aliphatic hydroxyl groups excluding tert-OH is 2. The zero-order chi connectivity index (χ0) is 24.4. The highest BCUT2D eigenvalue weighted by molar-refractivity contribution is 5.79. The number of fused-ring (bicyclic) bond motifs is 3. The minimum atomic E-state index is -1.22. The fourth-order valence-electron chi connectivity index (χ4n) is 4.61. The van der Waals surface area contributed by atoms with Gasteiger partial charge in [-0.1, -0.05) is 66.7 Å². The van der Waals surface area contributed by atoms with Crippen molar-refractivity contribution in [3.63, 3.8) is 0 Å². The van der Waals surface area contributed by atoms with Gasteiger partial charge in [0.05, 0.1) is 11.9 Å². The molecular formula is C28H27N3O4. The van der Waals surface area contributed by atoms with Gasteiger partial charge in [0.2, 0.25) is 0 Å². The van der Waals surface area contributed by atoms with E-state index in [0.717, 1.165) is 33.5 Å². The van der Waals surface area contributed by atoms with Crippen LogP contribution in [0.1, 0.15) is 34.3 Å². The van der Waals surface area contributed by atoms with Gasteiger partial charge in [-0.3, -0.25) is 0 Å². The van der Waals surface area contributed by atoms with Gasteiger partial charge in [-0.05, 0) is 40.8 Å². The predicted octanol–water partition coefficient (Wildman–Crippen LogP) is 4.11. The minimum absolute atomic E-state index is 0.0454. The van der Waals surface area contributed by atoms with Gasteiger partial charge in [0, 0.05) is 24.2 Å². The molecule has 7 nitrogen and oxygen atoms in total. The SMILES string of the molecule is Cc1ccccc1-n1cc(C(O)C(O)CNC(=O)OCC2c3ccccc3-c3ccccc32)cn1. The minimum Gasteiger partial charge on any atom is -0.449 e. The maximum atomic E-state index is 12.4. The largest absolute Gasteiger partial charge is 0.449 e. The number of aliphatic hydroxyl groups is 2. The summed E-state index contributed by atoms with van der Waals surface area (Å²) in [7, 11) is 0. The Morgan fingerprint density at radius 3 is 2.31 bits per heavy atom. The quantitative estimate of drug-likeness (QED) is 0.379. The summed E-state index contributed by atoms with van der Waals surface area (Å²) in [5.41, 5.74) is 6.94. The highest BCUT2D eigenvalue weighted by atomic mass is 16.5. The lowest BCUT2D eigenvalue weighted by Crippen LogP contribution is -2.36. The number of carbonyl (C=O) groups is 1. The number of aromatic nitrogens is 2. The van der Waals surface area contributed by atoms with Crippen LogP contribution in [-0.2, 0) is 4.74 Å². The fourth-order valence-corrected chi connectivity index (χ4v) is 4.61. The number of para-hydroxylation sites is 1. The van der Waals surface area contributed by atoms with Crippen molar-refractivity contribution in [1.82, 2.24) is 15.1 Å². The first-order valence-electron chi connectivity index (χ1n) is 11.6. The van der Waals surface area contributed by atoms with E-state index in [2.05, 4.69) is 34.7 Å². The summed E-state index contributed by atoms with van der Waals surface area (Å²) >= 11 is 0. The number of rotatable bonds is 7. The van der Waals surface area contributed by atoms with E-state index in [9.17, 15) is 15.0 Å². The van der Waals surface area contributed by atoms with Gasteiger partial charge < -0.3 is 20.3 Å². The van der Waals surface area contributed by atoms with Gasteiger partial charge in [0.1, 0.15) is 18.8 Å². The van der Waals surface area contributed by atoms with E-state index < -0.39 is 18.3 Å². The number of carbonyl (C=O) groups excluding carboxylic acids is 1. The van der Waals surface area contributed by atoms with Crippen LogP contribution in [-0.4, -0.2) is 45.3 Å². The number of aryl methyl sites for hydroxylation is 1. The molecule has 35 heavy (non-hydrogen) atoms. The molecule has 1 heterocycles. The first-order valence-corrected chi connectivity index (χ1v) is 11.6. The molecule has 0 bridgehead atoms. The Kier molecular flexibility index (Phi) is 6.35. The third kappa shape index (κ3) is 4.56. The summed E-state index contributed by atoms with van der Waals surface area (Å²) in [6, 6.07) is 24.0. The van der Waals surface area contributed by atoms with Crippen LogP contribution in [0.25, 0.3) is 16.8 Å². The molecule has 1 amide bonds. The van der Waals surface area contributed by atoms with Gasteiger partial charge >= 0.3 is 6.09 Å². The van der Waals surface area contributed by atoms with E-state index in [4.69, 9.17) is 4.74 Å². The van der Waals surface area contributed by atoms with Crippen molar-refractivity contribution in [3.8, 4) is 16.8 Å². The van der Waals surface area contributed by atoms with Crippen molar-refractivity contribution in [2.24, 2.45) is 0 Å². The molecule has 4 aromatic rings. The number of nitrogens with one attached hydrogen (secondary N) is 1. The maximum absolute atomic E-state index is 12.4. The smallest absolute Gasteiger partial charge is 0.407 e. The van der Waals surface area contributed by atoms with Crippen LogP contribution in [0.4, 0.5) is 4.79 Å². The molecule has 5 rings (SSSR count). The molecule has 0 fully saturated rings. The van der Waals surface area contributed by atoms with E-state index in [-0.39, 0.29) is 19.1 Å². The molecule has 0 saturated heterocycles. The Balaban J connectivity index is 1.17. The Morgan fingerprint density at radius 2 is 1.63 bits per heavy atom. The molecule has 178 valence electrons. The molecule has 1 aromatic heterocycles. The Labute approximate surface area is 203 Å². The van der Waals surface area contributed by atoms with Crippen LogP contribution < -0.4 is 5.32 Å². The molecule has 1 aliphatic carbocycles. The Hall–Kier alpha value is -3.94. The second kappa shape index (κ2) is 9.74. The van der Waals surface area contributed by atoms with Crippen molar-refractivity contribution >= 4 is 6.09 Å². The number of amides is 1. The molecule has 3 N–H and O–H groups in total. The summed E-state index contributed by atoms with van der Waals surface area (Å²) in [4.78, 5) is 12.4. The molecule has 2 atom stereocenters. The van der Waals surface area contributed by atoms with Crippen LogP contribution in [0.5, 0.6) is 0 Å². The second-order valence-corrected chi connectivity index (χ2v) is 8.72. The van der Waals surface area contributed by atoms with Gasteiger partial charge in [0.15, 0.2) is 0 Å². The van der Waals surface area contributed by atoms with Crippen molar-refractivity contribution in [1.29, 1.82) is 0 Å². The van der Waals surface area contributed by atoms with Crippen LogP contribution >= 0.6 is 0 Å². The van der Waals surface area contributed by atoms with E-state index in [1.54, 1.807) is 10.9 Å². The van der Waals surface area contributed by atoms with Crippen LogP contribution in [0.2, 0.25) is 0 Å². The third-order valence-electron chi connectivity index (χ3n) is 6.47. The number of ether oxygens (including phenoxy) is 1. The maximum Gasteiger partial charge on any atom is 0.407 e. The molecule has 2 unspecified atom stereocenters. The zero-order valence-electron chi connectivity index (χ0n) is 19.3. The lowest BCUT2D eigenvalue weighted by molar-refractivity contribution is 0.0185. The van der Waals surface area contributed by atoms with Crippen LogP contribution in [0.15, 0.2) is 85.2 Å². The number of alkyl carbamates (subject to hydrolysis) is 1. The predicted molar refractivity (Wildman–Crippen MR) is 132 cm³/mol. The first kappa shape index (κ1) is 22.8. The molecule has 1 aliphatic rings. The van der Waals surface area contributed by atoms with Crippen molar-refractivity contribution < 1.29 is 19.7 Å². The number of nitrogens with zero attached hydrogens (tertiary/aromatic N) is 2. The summed E-state index contributed by atoms with van der Waals surface area (Å²) in [5.74, 6) is -0.0454. The molecule has 7 heteroatoms. The average Bonchev–Trinajstić information content (AvgIpc) is 3.49. The van der Waals surface area contributed by atoms with Crippen molar-refractivity contribution in [3.05, 3.63) is 107 Å². The number of benzene rings is 3. The average molecular weight is 470 g/mol. The third-order valence-corrected chi connectivity index (χ3v) is 6.47. The number of hydrogen-bond donors (Lipinski definition) is 3. The van der Waals surface area contributed by atoms with Gasteiger partial charge in [-0.2, -0.15) is 5.10 Å². The molecule has 3 aromatic carbocycles. The highest BCUT2D eigenvalue weighted by Crippen LogP contribution is 2.44. The molecule has 0 radical (unpaired) electrons. The van der Waals surface area contributed by atoms with Gasteiger partial charge in [-0.25, -0.2) is 9.48 Å². The normalized spacial score (nSPS) is 14.1. The highest BCUT2D eigenvalue weighted by Gasteiger charge is 2.29. The second-order valence-electron chi connectivity index (χ2n) is 8.72. The fraction of sp³-hybridized carbons (Fsp3) is 0.214. The summed E-state index contributed by atoms with van der Waals surface area (Å²) in [6.07, 6.45) is 0.109. The van der Waals surface area contributed by atoms with Gasteiger partial charge in [0.25, 0.3) is 0 Å². The Morgan fingerprint density at radius 1 is 1.00 bits per heavy atom. The van der Waals surface area contributed by atoms with E-state index in [1.807, 2.05) is 55.5 Å². The standard InChI is InChI=1S/C28H27N3O4/c1-18-8-2-7-13-25(18)31-16-19(14-30-31)27(33)26(32)15-29-28(34)35-17-24-22-11-5-3-9-20(22)21-10-4-6-12-23(21)24/h2-14,16,24,26-27,32-33H,15,17H2,1H3,(H,29,34). The molecule has 0 spiro atoms. The van der Waals surface area contributed by atoms with E-state index >= 15 is 0 Å². The van der Waals surface area contributed by atoms with Crippen LogP contribution in [0.3, 0.4) is 0 Å². The number of hydrogen-bond acceptors (Lipinski definition) is 5. The molecule has 0 saturated carbocycles. The molecule has 0 aliphatic heterocycles. The van der Waals surface area contributed by atoms with Gasteiger partial charge in [-0.15, -0.1) is 0 Å². The zero-order valence-corrected chi connectivity index (χ0v) is 19.3. The van der Waals surface area contributed by atoms with E-state index in [0.29, 0.717) is 5.56 Å².